The van der Waals surface area contributed by atoms with Crippen LogP contribution < -0.4 is 10.3 Å². The molecule has 0 spiro atoms. The summed E-state index contributed by atoms with van der Waals surface area (Å²) in [5.41, 5.74) is 1.17. The Morgan fingerprint density at radius 1 is 1.20 bits per heavy atom. The summed E-state index contributed by atoms with van der Waals surface area (Å²) >= 11 is 1.67. The average molecular weight is 499 g/mol. The van der Waals surface area contributed by atoms with E-state index in [1.165, 1.54) is 16.9 Å². The van der Waals surface area contributed by atoms with Gasteiger partial charge in [-0.15, -0.1) is 11.3 Å². The topological polar surface area (TPSA) is 90.9 Å². The number of hydrogen-bond donors (Lipinski definition) is 2. The molecule has 35 heavy (non-hydrogen) atoms. The van der Waals surface area contributed by atoms with Crippen LogP contribution in [0.15, 0.2) is 35.1 Å². The maximum atomic E-state index is 13.0. The number of fused-ring (bicyclic) bond motifs is 3. The normalized spacial score (nSPS) is 17.5. The predicted octanol–water partition coefficient (Wildman–Crippen LogP) is 2.44. The predicted molar refractivity (Wildman–Crippen MR) is 137 cm³/mol. The standard InChI is InChI=1S/C26H34N4O4S/c31-19(18-34-20-6-2-1-3-7-20)16-30(11-10-29-12-14-33-15-13-29)17-23-27-25(32)24-21-8-4-5-9-22(21)35-26(24)28-23/h1-3,6-7,19,31H,4-5,8-18H2,(H,27,28,32). The first-order chi connectivity index (χ1) is 17.2. The van der Waals surface area contributed by atoms with Crippen LogP contribution in [0.25, 0.3) is 10.2 Å². The largest absolute Gasteiger partial charge is 0.491 e. The van der Waals surface area contributed by atoms with Gasteiger partial charge >= 0.3 is 0 Å². The molecule has 0 saturated carbocycles. The van der Waals surface area contributed by atoms with Gasteiger partial charge in [-0.2, -0.15) is 0 Å². The fraction of sp³-hybridized carbons (Fsp3) is 0.538. The van der Waals surface area contributed by atoms with E-state index in [-0.39, 0.29) is 12.2 Å². The number of aryl methyl sites for hydroxylation is 2. The molecular formula is C26H34N4O4S. The quantitative estimate of drug-likeness (QED) is 0.444. The maximum Gasteiger partial charge on any atom is 0.259 e. The van der Waals surface area contributed by atoms with Crippen molar-refractivity contribution in [1.82, 2.24) is 19.8 Å². The lowest BCUT2D eigenvalue weighted by molar-refractivity contribution is 0.0252. The molecule has 0 radical (unpaired) electrons. The maximum absolute atomic E-state index is 13.0. The average Bonchev–Trinajstić information content (AvgIpc) is 3.26. The summed E-state index contributed by atoms with van der Waals surface area (Å²) in [5.74, 6) is 1.39. The van der Waals surface area contributed by atoms with Crippen LogP contribution in [-0.2, 0) is 24.1 Å². The Kier molecular flexibility index (Phi) is 8.10. The number of nitrogens with one attached hydrogen (secondary N) is 1. The number of ether oxygens (including phenoxy) is 2. The van der Waals surface area contributed by atoms with Crippen molar-refractivity contribution in [2.24, 2.45) is 0 Å². The molecule has 2 aromatic heterocycles. The Hall–Kier alpha value is -2.30. The molecule has 5 rings (SSSR count). The summed E-state index contributed by atoms with van der Waals surface area (Å²) in [6.07, 6.45) is 3.67. The number of rotatable bonds is 10. The number of nitrogens with zero attached hydrogens (tertiary/aromatic N) is 3. The molecular weight excluding hydrogens is 464 g/mol. The highest BCUT2D eigenvalue weighted by Gasteiger charge is 2.21. The van der Waals surface area contributed by atoms with Gasteiger partial charge in [0.25, 0.3) is 5.56 Å². The molecule has 1 atom stereocenters. The molecule has 8 nitrogen and oxygen atoms in total. The smallest absolute Gasteiger partial charge is 0.259 e. The van der Waals surface area contributed by atoms with Gasteiger partial charge in [-0.1, -0.05) is 18.2 Å². The van der Waals surface area contributed by atoms with Gasteiger partial charge < -0.3 is 19.6 Å². The van der Waals surface area contributed by atoms with Crippen LogP contribution in [0.4, 0.5) is 0 Å². The van der Waals surface area contributed by atoms with Crippen LogP contribution >= 0.6 is 11.3 Å². The van der Waals surface area contributed by atoms with Gasteiger partial charge in [-0.05, 0) is 43.4 Å². The molecule has 3 heterocycles. The van der Waals surface area contributed by atoms with E-state index >= 15 is 0 Å². The zero-order valence-electron chi connectivity index (χ0n) is 20.1. The van der Waals surface area contributed by atoms with E-state index in [9.17, 15) is 9.90 Å². The molecule has 1 fully saturated rings. The number of hydrogen-bond acceptors (Lipinski definition) is 8. The van der Waals surface area contributed by atoms with E-state index in [0.29, 0.717) is 18.9 Å². The Morgan fingerprint density at radius 3 is 2.83 bits per heavy atom. The van der Waals surface area contributed by atoms with Crippen LogP contribution in [0.1, 0.15) is 29.1 Å². The van der Waals surface area contributed by atoms with Gasteiger partial charge in [0, 0.05) is 37.6 Å². The summed E-state index contributed by atoms with van der Waals surface area (Å²) in [4.78, 5) is 27.6. The fourth-order valence-corrected chi connectivity index (χ4v) is 6.18. The summed E-state index contributed by atoms with van der Waals surface area (Å²) < 4.78 is 11.2. The van der Waals surface area contributed by atoms with Crippen LogP contribution in [0.2, 0.25) is 0 Å². The second-order valence-electron chi connectivity index (χ2n) is 9.37. The monoisotopic (exact) mass is 498 g/mol. The van der Waals surface area contributed by atoms with Gasteiger partial charge in [0.2, 0.25) is 0 Å². The Morgan fingerprint density at radius 2 is 2.00 bits per heavy atom. The lowest BCUT2D eigenvalue weighted by Gasteiger charge is -2.30. The Labute approximate surface area is 209 Å². The lowest BCUT2D eigenvalue weighted by Crippen LogP contribution is -2.44. The minimum atomic E-state index is -0.663. The van der Waals surface area contributed by atoms with Crippen molar-refractivity contribution < 1.29 is 14.6 Å². The number of H-pyrrole nitrogens is 1. The summed E-state index contributed by atoms with van der Waals surface area (Å²) in [5, 5.41) is 11.5. The van der Waals surface area contributed by atoms with E-state index in [1.807, 2.05) is 30.3 Å². The van der Waals surface area contributed by atoms with Crippen molar-refractivity contribution >= 4 is 21.6 Å². The zero-order valence-corrected chi connectivity index (χ0v) is 20.9. The Balaban J connectivity index is 1.28. The van der Waals surface area contributed by atoms with Crippen molar-refractivity contribution in [3.63, 3.8) is 0 Å². The zero-order chi connectivity index (χ0) is 24.0. The van der Waals surface area contributed by atoms with Crippen LogP contribution in [0.5, 0.6) is 5.75 Å². The van der Waals surface area contributed by atoms with Gasteiger partial charge in [-0.3, -0.25) is 14.6 Å². The first-order valence-electron chi connectivity index (χ1n) is 12.6. The number of para-hydroxylation sites is 1. The number of morpholine rings is 1. The van der Waals surface area contributed by atoms with E-state index < -0.39 is 6.10 Å². The Bertz CT molecular complexity index is 1160. The van der Waals surface area contributed by atoms with Crippen molar-refractivity contribution in [2.45, 2.75) is 38.3 Å². The third-order valence-corrected chi connectivity index (χ3v) is 7.92. The van der Waals surface area contributed by atoms with Gasteiger partial charge in [0.05, 0.1) is 25.1 Å². The highest BCUT2D eigenvalue weighted by atomic mass is 32.1. The number of aromatic nitrogens is 2. The highest BCUT2D eigenvalue weighted by molar-refractivity contribution is 7.18. The molecule has 0 bridgehead atoms. The number of aromatic amines is 1. The molecule has 188 valence electrons. The number of aliphatic hydroxyl groups is 1. The molecule has 1 saturated heterocycles. The molecule has 9 heteroatoms. The van der Waals surface area contributed by atoms with Gasteiger partial charge in [0.1, 0.15) is 29.1 Å². The first kappa shape index (κ1) is 24.4. The molecule has 2 aliphatic rings. The van der Waals surface area contributed by atoms with Crippen molar-refractivity contribution in [1.29, 1.82) is 0 Å². The molecule has 1 aromatic carbocycles. The van der Waals surface area contributed by atoms with Crippen molar-refractivity contribution in [3.8, 4) is 5.75 Å². The number of thiophene rings is 1. The summed E-state index contributed by atoms with van der Waals surface area (Å²) in [7, 11) is 0. The molecule has 1 aliphatic carbocycles. The van der Waals surface area contributed by atoms with E-state index in [4.69, 9.17) is 14.5 Å². The molecule has 1 aliphatic heterocycles. The highest BCUT2D eigenvalue weighted by Crippen LogP contribution is 2.33. The van der Waals surface area contributed by atoms with Crippen LogP contribution in [0, 0.1) is 0 Å². The molecule has 2 N–H and O–H groups in total. The van der Waals surface area contributed by atoms with Crippen LogP contribution in [0.3, 0.4) is 0 Å². The first-order valence-corrected chi connectivity index (χ1v) is 13.4. The van der Waals surface area contributed by atoms with E-state index in [1.54, 1.807) is 11.3 Å². The second-order valence-corrected chi connectivity index (χ2v) is 10.5. The summed E-state index contributed by atoms with van der Waals surface area (Å²) in [6.45, 7) is 6.06. The number of benzene rings is 1. The molecule has 0 amide bonds. The second kappa shape index (κ2) is 11.6. The van der Waals surface area contributed by atoms with Gasteiger partial charge in [0.15, 0.2) is 0 Å². The SMILES string of the molecule is O=c1[nH]c(CN(CCN2CCOCC2)CC(O)COc2ccccc2)nc2sc3c(c12)CCCC3. The van der Waals surface area contributed by atoms with E-state index in [0.717, 1.165) is 74.6 Å². The minimum Gasteiger partial charge on any atom is -0.491 e. The molecule has 1 unspecified atom stereocenters. The third kappa shape index (κ3) is 6.29. The third-order valence-electron chi connectivity index (χ3n) is 6.74. The fourth-order valence-electron chi connectivity index (χ4n) is 4.90. The van der Waals surface area contributed by atoms with Gasteiger partial charge in [-0.25, -0.2) is 4.98 Å². The van der Waals surface area contributed by atoms with Crippen molar-refractivity contribution in [2.75, 3.05) is 52.5 Å². The lowest BCUT2D eigenvalue weighted by atomic mass is 9.97. The summed E-state index contributed by atoms with van der Waals surface area (Å²) in [6, 6.07) is 9.53. The van der Waals surface area contributed by atoms with Crippen LogP contribution in [-0.4, -0.2) is 83.5 Å². The number of aliphatic hydroxyl groups excluding tert-OH is 1. The van der Waals surface area contributed by atoms with E-state index in [2.05, 4.69) is 14.8 Å². The molecule has 3 aromatic rings. The van der Waals surface area contributed by atoms with Crippen molar-refractivity contribution in [3.05, 3.63) is 57.0 Å². The minimum absolute atomic E-state index is 0.0366.